The van der Waals surface area contributed by atoms with Crippen LogP contribution in [0.25, 0.3) is 0 Å². The van der Waals surface area contributed by atoms with Gasteiger partial charge in [0.2, 0.25) is 0 Å². The first kappa shape index (κ1) is 15.1. The molecule has 112 valence electrons. The second-order valence-corrected chi connectivity index (χ2v) is 6.10. The van der Waals surface area contributed by atoms with Gasteiger partial charge in [-0.1, -0.05) is 13.8 Å². The average molecular weight is 297 g/mol. The van der Waals surface area contributed by atoms with Gasteiger partial charge in [-0.15, -0.1) is 0 Å². The molecule has 0 amide bonds. The molecule has 1 aliphatic heterocycles. The van der Waals surface area contributed by atoms with Gasteiger partial charge in [0, 0.05) is 13.1 Å². The van der Waals surface area contributed by atoms with Crippen LogP contribution in [-0.4, -0.2) is 30.0 Å². The van der Waals surface area contributed by atoms with Gasteiger partial charge in [-0.25, -0.2) is 4.79 Å². The molecule has 1 aliphatic rings. The molecule has 2 heterocycles. The molecule has 20 heavy (non-hydrogen) atoms. The van der Waals surface area contributed by atoms with Crippen LogP contribution in [0, 0.1) is 5.41 Å². The Labute approximate surface area is 124 Å². The summed E-state index contributed by atoms with van der Waals surface area (Å²) >= 11 is 1.30. The van der Waals surface area contributed by atoms with Crippen LogP contribution in [0.2, 0.25) is 0 Å². The first-order valence-corrected chi connectivity index (χ1v) is 8.01. The second kappa shape index (κ2) is 5.99. The third kappa shape index (κ3) is 2.61. The Bertz CT molecular complexity index is 483. The van der Waals surface area contributed by atoms with E-state index >= 15 is 0 Å². The molecule has 0 saturated carbocycles. The fourth-order valence-corrected chi connectivity index (χ4v) is 3.67. The standard InChI is InChI=1S/C14H23N3O2S/c1-4-14(5-2)7-8-17(9-14)12-10(11(15)16-20-12)13(18)19-6-3/h4-9H2,1-3H3,(H2,15,16). The van der Waals surface area contributed by atoms with Crippen LogP contribution in [0.5, 0.6) is 0 Å². The van der Waals surface area contributed by atoms with Crippen molar-refractivity contribution in [1.29, 1.82) is 0 Å². The predicted molar refractivity (Wildman–Crippen MR) is 82.3 cm³/mol. The molecule has 0 bridgehead atoms. The molecule has 1 aromatic rings. The Hall–Kier alpha value is -1.30. The van der Waals surface area contributed by atoms with E-state index in [4.69, 9.17) is 10.5 Å². The zero-order chi connectivity index (χ0) is 14.8. The van der Waals surface area contributed by atoms with E-state index in [1.165, 1.54) is 11.5 Å². The van der Waals surface area contributed by atoms with Crippen LogP contribution < -0.4 is 10.6 Å². The fraction of sp³-hybridized carbons (Fsp3) is 0.714. The van der Waals surface area contributed by atoms with Crippen molar-refractivity contribution in [3.05, 3.63) is 5.56 Å². The maximum atomic E-state index is 12.0. The highest BCUT2D eigenvalue weighted by molar-refractivity contribution is 7.11. The predicted octanol–water partition coefficient (Wildman–Crippen LogP) is 2.92. The van der Waals surface area contributed by atoms with Gasteiger partial charge in [-0.2, -0.15) is 4.37 Å². The summed E-state index contributed by atoms with van der Waals surface area (Å²) in [5.41, 5.74) is 6.64. The number of hydrogen-bond donors (Lipinski definition) is 1. The number of anilines is 2. The quantitative estimate of drug-likeness (QED) is 0.846. The van der Waals surface area contributed by atoms with Crippen LogP contribution in [0.4, 0.5) is 10.8 Å². The van der Waals surface area contributed by atoms with Crippen LogP contribution in [-0.2, 0) is 4.74 Å². The topological polar surface area (TPSA) is 68.5 Å². The molecule has 0 atom stereocenters. The number of nitrogens with two attached hydrogens (primary N) is 1. The van der Waals surface area contributed by atoms with Crippen molar-refractivity contribution >= 4 is 28.3 Å². The van der Waals surface area contributed by atoms with Crippen LogP contribution in [0.1, 0.15) is 50.4 Å². The molecule has 1 fully saturated rings. The molecule has 6 heteroatoms. The third-order valence-electron chi connectivity index (χ3n) is 4.41. The highest BCUT2D eigenvalue weighted by atomic mass is 32.1. The van der Waals surface area contributed by atoms with Gasteiger partial charge >= 0.3 is 5.97 Å². The van der Waals surface area contributed by atoms with Gasteiger partial charge < -0.3 is 15.4 Å². The number of carbonyl (C=O) groups excluding carboxylic acids is 1. The van der Waals surface area contributed by atoms with Crippen molar-refractivity contribution in [3.8, 4) is 0 Å². The number of esters is 1. The van der Waals surface area contributed by atoms with Crippen LogP contribution >= 0.6 is 11.5 Å². The van der Waals surface area contributed by atoms with E-state index in [9.17, 15) is 4.79 Å². The average Bonchev–Trinajstić information content (AvgIpc) is 3.03. The van der Waals surface area contributed by atoms with Crippen molar-refractivity contribution in [2.24, 2.45) is 5.41 Å². The minimum absolute atomic E-state index is 0.286. The first-order valence-electron chi connectivity index (χ1n) is 7.24. The summed E-state index contributed by atoms with van der Waals surface area (Å²) in [5.74, 6) is -0.0757. The smallest absolute Gasteiger partial charge is 0.345 e. The Morgan fingerprint density at radius 2 is 2.15 bits per heavy atom. The summed E-state index contributed by atoms with van der Waals surface area (Å²) in [6, 6.07) is 0. The molecule has 5 nitrogen and oxygen atoms in total. The summed E-state index contributed by atoms with van der Waals surface area (Å²) in [4.78, 5) is 14.3. The summed E-state index contributed by atoms with van der Waals surface area (Å²) < 4.78 is 9.23. The Balaban J connectivity index is 2.25. The zero-order valence-electron chi connectivity index (χ0n) is 12.4. The summed E-state index contributed by atoms with van der Waals surface area (Å²) in [6.45, 7) is 8.54. The Kier molecular flexibility index (Phi) is 4.52. The van der Waals surface area contributed by atoms with E-state index in [1.807, 2.05) is 0 Å². The van der Waals surface area contributed by atoms with Gasteiger partial charge in [0.05, 0.1) is 6.61 Å². The molecule has 0 aliphatic carbocycles. The van der Waals surface area contributed by atoms with Crippen molar-refractivity contribution in [3.63, 3.8) is 0 Å². The van der Waals surface area contributed by atoms with E-state index < -0.39 is 0 Å². The minimum Gasteiger partial charge on any atom is -0.462 e. The van der Waals surface area contributed by atoms with E-state index in [0.717, 1.165) is 37.4 Å². The number of nitrogen functional groups attached to an aromatic ring is 1. The highest BCUT2D eigenvalue weighted by Gasteiger charge is 2.37. The van der Waals surface area contributed by atoms with Crippen molar-refractivity contribution in [2.75, 3.05) is 30.3 Å². The van der Waals surface area contributed by atoms with Crippen LogP contribution in [0.15, 0.2) is 0 Å². The van der Waals surface area contributed by atoms with E-state index in [-0.39, 0.29) is 11.8 Å². The van der Waals surface area contributed by atoms with E-state index in [1.54, 1.807) is 6.92 Å². The van der Waals surface area contributed by atoms with Crippen LogP contribution in [0.3, 0.4) is 0 Å². The molecule has 1 saturated heterocycles. The fourth-order valence-electron chi connectivity index (χ4n) is 2.84. The number of rotatable bonds is 5. The Morgan fingerprint density at radius 1 is 1.45 bits per heavy atom. The monoisotopic (exact) mass is 297 g/mol. The maximum absolute atomic E-state index is 12.0. The van der Waals surface area contributed by atoms with E-state index in [0.29, 0.717) is 17.6 Å². The van der Waals surface area contributed by atoms with Gasteiger partial charge in [0.15, 0.2) is 5.82 Å². The lowest BCUT2D eigenvalue weighted by atomic mass is 9.82. The first-order chi connectivity index (χ1) is 9.56. The maximum Gasteiger partial charge on any atom is 0.345 e. The summed E-state index contributed by atoms with van der Waals surface area (Å²) in [5, 5.41) is 0.865. The van der Waals surface area contributed by atoms with Gasteiger partial charge in [0.1, 0.15) is 10.6 Å². The minimum atomic E-state index is -0.362. The SMILES string of the molecule is CCOC(=O)c1c(N)nsc1N1CCC(CC)(CC)C1. The largest absolute Gasteiger partial charge is 0.462 e. The molecule has 1 aromatic heterocycles. The molecular weight excluding hydrogens is 274 g/mol. The number of hydrogen-bond acceptors (Lipinski definition) is 6. The molecule has 0 radical (unpaired) electrons. The molecule has 0 aromatic carbocycles. The van der Waals surface area contributed by atoms with Crippen molar-refractivity contribution < 1.29 is 9.53 Å². The summed E-state index contributed by atoms with van der Waals surface area (Å²) in [6.07, 6.45) is 3.46. The van der Waals surface area contributed by atoms with Crippen molar-refractivity contribution in [1.82, 2.24) is 4.37 Å². The van der Waals surface area contributed by atoms with Gasteiger partial charge in [-0.3, -0.25) is 0 Å². The number of carbonyl (C=O) groups is 1. The van der Waals surface area contributed by atoms with Gasteiger partial charge in [0.25, 0.3) is 0 Å². The lowest BCUT2D eigenvalue weighted by molar-refractivity contribution is 0.0528. The Morgan fingerprint density at radius 3 is 2.70 bits per heavy atom. The van der Waals surface area contributed by atoms with Gasteiger partial charge in [-0.05, 0) is 43.1 Å². The molecule has 2 rings (SSSR count). The number of ether oxygens (including phenoxy) is 1. The highest BCUT2D eigenvalue weighted by Crippen LogP contribution is 2.42. The normalized spacial score (nSPS) is 17.4. The second-order valence-electron chi connectivity index (χ2n) is 5.35. The molecule has 2 N–H and O–H groups in total. The van der Waals surface area contributed by atoms with E-state index in [2.05, 4.69) is 23.1 Å². The summed E-state index contributed by atoms with van der Waals surface area (Å²) in [7, 11) is 0. The molecule has 0 spiro atoms. The lowest BCUT2D eigenvalue weighted by Crippen LogP contribution is -2.26. The van der Waals surface area contributed by atoms with Crippen molar-refractivity contribution in [2.45, 2.75) is 40.0 Å². The third-order valence-corrected chi connectivity index (χ3v) is 5.33. The zero-order valence-corrected chi connectivity index (χ0v) is 13.3. The number of nitrogens with zero attached hydrogens (tertiary/aromatic N) is 2. The lowest BCUT2D eigenvalue weighted by Gasteiger charge is -2.26. The molecular formula is C14H23N3O2S. The molecule has 0 unspecified atom stereocenters. The number of aromatic nitrogens is 1.